The van der Waals surface area contributed by atoms with Gasteiger partial charge in [-0.15, -0.1) is 0 Å². The second-order valence-corrected chi connectivity index (χ2v) is 4.58. The van der Waals surface area contributed by atoms with Crippen LogP contribution in [0.5, 0.6) is 5.75 Å². The van der Waals surface area contributed by atoms with Gasteiger partial charge in [0.15, 0.2) is 0 Å². The van der Waals surface area contributed by atoms with Crippen LogP contribution >= 0.6 is 0 Å². The maximum Gasteiger partial charge on any atom is 0.273 e. The Morgan fingerprint density at radius 3 is 2.74 bits per heavy atom. The van der Waals surface area contributed by atoms with Gasteiger partial charge in [0.2, 0.25) is 5.91 Å². The van der Waals surface area contributed by atoms with Crippen LogP contribution < -0.4 is 15.8 Å². The van der Waals surface area contributed by atoms with E-state index in [1.54, 1.807) is 0 Å². The van der Waals surface area contributed by atoms with Gasteiger partial charge in [-0.3, -0.25) is 14.9 Å². The average molecular weight is 265 g/mol. The quantitative estimate of drug-likeness (QED) is 0.616. The van der Waals surface area contributed by atoms with Gasteiger partial charge in [-0.1, -0.05) is 0 Å². The summed E-state index contributed by atoms with van der Waals surface area (Å²) >= 11 is 0. The highest BCUT2D eigenvalue weighted by atomic mass is 16.6. The molecule has 0 bridgehead atoms. The molecule has 0 saturated heterocycles. The number of nitro benzene ring substituents is 1. The Hall–Kier alpha value is -2.15. The molecule has 0 aromatic heterocycles. The molecule has 1 aromatic rings. The number of non-ortho nitro benzene ring substituents is 1. The van der Waals surface area contributed by atoms with Crippen molar-refractivity contribution in [2.75, 3.05) is 19.0 Å². The van der Waals surface area contributed by atoms with Crippen LogP contribution in [0.25, 0.3) is 0 Å². The largest absolute Gasteiger partial charge is 0.494 e. The first-order chi connectivity index (χ1) is 9.02. The molecular formula is C12H15N3O4. The molecule has 19 heavy (non-hydrogen) atoms. The van der Waals surface area contributed by atoms with Crippen LogP contribution in [0.2, 0.25) is 0 Å². The summed E-state index contributed by atoms with van der Waals surface area (Å²) in [4.78, 5) is 22.2. The first kappa shape index (κ1) is 13.3. The summed E-state index contributed by atoms with van der Waals surface area (Å²) in [7, 11) is 1.39. The van der Waals surface area contributed by atoms with Crippen molar-refractivity contribution in [3.8, 4) is 5.75 Å². The second kappa shape index (κ2) is 4.85. The molecular weight excluding hydrogens is 250 g/mol. The molecule has 1 fully saturated rings. The third-order valence-corrected chi connectivity index (χ3v) is 3.37. The number of amides is 1. The summed E-state index contributed by atoms with van der Waals surface area (Å²) in [5.74, 6) is 0.0949. The van der Waals surface area contributed by atoms with Crippen LogP contribution in [0.15, 0.2) is 18.2 Å². The second-order valence-electron chi connectivity index (χ2n) is 4.58. The molecule has 1 aliphatic carbocycles. The average Bonchev–Trinajstić information content (AvgIpc) is 3.19. The van der Waals surface area contributed by atoms with Crippen LogP contribution in [-0.4, -0.2) is 24.5 Å². The number of carbonyl (C=O) groups excluding carboxylic acids is 1. The molecule has 0 unspecified atom stereocenters. The van der Waals surface area contributed by atoms with Gasteiger partial charge in [-0.05, 0) is 18.9 Å². The van der Waals surface area contributed by atoms with Crippen molar-refractivity contribution in [1.29, 1.82) is 0 Å². The zero-order valence-electron chi connectivity index (χ0n) is 10.5. The maximum absolute atomic E-state index is 12.0. The van der Waals surface area contributed by atoms with Crippen LogP contribution in [0.3, 0.4) is 0 Å². The van der Waals surface area contributed by atoms with Gasteiger partial charge in [0.05, 0.1) is 29.2 Å². The van der Waals surface area contributed by atoms with Crippen LogP contribution in [0.1, 0.15) is 12.8 Å². The van der Waals surface area contributed by atoms with E-state index in [4.69, 9.17) is 10.5 Å². The van der Waals surface area contributed by atoms with Crippen molar-refractivity contribution >= 4 is 17.3 Å². The van der Waals surface area contributed by atoms with Gasteiger partial charge in [-0.25, -0.2) is 0 Å². The summed E-state index contributed by atoms with van der Waals surface area (Å²) in [5, 5.41) is 13.4. The van der Waals surface area contributed by atoms with E-state index in [1.807, 2.05) is 0 Å². The molecule has 1 amide bonds. The predicted octanol–water partition coefficient (Wildman–Crippen LogP) is 1.28. The fourth-order valence-electron chi connectivity index (χ4n) is 1.83. The number of methoxy groups -OCH3 is 1. The van der Waals surface area contributed by atoms with E-state index in [1.165, 1.54) is 25.3 Å². The summed E-state index contributed by atoms with van der Waals surface area (Å²) < 4.78 is 5.05. The van der Waals surface area contributed by atoms with Crippen molar-refractivity contribution in [1.82, 2.24) is 0 Å². The Kier molecular flexibility index (Phi) is 3.39. The number of ether oxygens (including phenoxy) is 1. The number of hydrogen-bond acceptors (Lipinski definition) is 5. The van der Waals surface area contributed by atoms with Crippen molar-refractivity contribution in [3.63, 3.8) is 0 Å². The number of anilines is 1. The highest BCUT2D eigenvalue weighted by Gasteiger charge is 2.48. The lowest BCUT2D eigenvalue weighted by atomic mass is 10.1. The van der Waals surface area contributed by atoms with Crippen molar-refractivity contribution in [2.45, 2.75) is 12.8 Å². The highest BCUT2D eigenvalue weighted by molar-refractivity contribution is 5.98. The predicted molar refractivity (Wildman–Crippen MR) is 69.0 cm³/mol. The van der Waals surface area contributed by atoms with E-state index in [2.05, 4.69) is 5.32 Å². The van der Waals surface area contributed by atoms with Crippen LogP contribution in [0, 0.1) is 15.5 Å². The number of nitrogens with one attached hydrogen (secondary N) is 1. The molecule has 2 rings (SSSR count). The van der Waals surface area contributed by atoms with E-state index in [0.29, 0.717) is 12.2 Å². The molecule has 0 spiro atoms. The minimum absolute atomic E-state index is 0.0881. The number of hydrogen-bond donors (Lipinski definition) is 2. The Balaban J connectivity index is 2.21. The van der Waals surface area contributed by atoms with Crippen molar-refractivity contribution < 1.29 is 14.5 Å². The Labute approximate surface area is 109 Å². The van der Waals surface area contributed by atoms with Crippen molar-refractivity contribution in [2.24, 2.45) is 11.1 Å². The van der Waals surface area contributed by atoms with E-state index in [-0.39, 0.29) is 17.3 Å². The Morgan fingerprint density at radius 2 is 2.26 bits per heavy atom. The normalized spacial score (nSPS) is 15.7. The summed E-state index contributed by atoms with van der Waals surface area (Å²) in [6, 6.07) is 4.05. The van der Waals surface area contributed by atoms with E-state index >= 15 is 0 Å². The molecule has 1 aliphatic rings. The first-order valence-electron chi connectivity index (χ1n) is 5.86. The number of benzene rings is 1. The lowest BCUT2D eigenvalue weighted by Gasteiger charge is -2.14. The van der Waals surface area contributed by atoms with Gasteiger partial charge in [0, 0.05) is 12.6 Å². The number of nitrogens with zero attached hydrogens (tertiary/aromatic N) is 1. The van der Waals surface area contributed by atoms with Crippen LogP contribution in [-0.2, 0) is 4.79 Å². The topological polar surface area (TPSA) is 107 Å². The minimum atomic E-state index is -0.517. The van der Waals surface area contributed by atoms with Gasteiger partial charge < -0.3 is 15.8 Å². The Bertz CT molecular complexity index is 526. The van der Waals surface area contributed by atoms with E-state index in [9.17, 15) is 14.9 Å². The van der Waals surface area contributed by atoms with Gasteiger partial charge in [0.25, 0.3) is 5.69 Å². The molecule has 1 saturated carbocycles. The molecule has 0 aliphatic heterocycles. The minimum Gasteiger partial charge on any atom is -0.494 e. The van der Waals surface area contributed by atoms with E-state index in [0.717, 1.165) is 12.8 Å². The first-order valence-corrected chi connectivity index (χ1v) is 5.86. The fourth-order valence-corrected chi connectivity index (χ4v) is 1.83. The SMILES string of the molecule is COc1cc([N+](=O)[O-])ccc1NC(=O)C1(CN)CC1. The zero-order chi connectivity index (χ0) is 14.0. The molecule has 7 nitrogen and oxygen atoms in total. The third kappa shape index (κ3) is 2.50. The Morgan fingerprint density at radius 1 is 1.58 bits per heavy atom. The summed E-state index contributed by atoms with van der Waals surface area (Å²) in [6.45, 7) is 0.300. The van der Waals surface area contributed by atoms with Crippen molar-refractivity contribution in [3.05, 3.63) is 28.3 Å². The van der Waals surface area contributed by atoms with E-state index < -0.39 is 10.3 Å². The van der Waals surface area contributed by atoms with Gasteiger partial charge in [-0.2, -0.15) is 0 Å². The maximum atomic E-state index is 12.0. The number of carbonyl (C=O) groups is 1. The smallest absolute Gasteiger partial charge is 0.273 e. The summed E-state index contributed by atoms with van der Waals surface area (Å²) in [6.07, 6.45) is 1.54. The molecule has 0 radical (unpaired) electrons. The molecule has 0 heterocycles. The molecule has 1 aromatic carbocycles. The fraction of sp³-hybridized carbons (Fsp3) is 0.417. The number of nitro groups is 1. The lowest BCUT2D eigenvalue weighted by Crippen LogP contribution is -2.30. The third-order valence-electron chi connectivity index (χ3n) is 3.37. The summed E-state index contributed by atoms with van der Waals surface area (Å²) in [5.41, 5.74) is 5.42. The number of nitrogens with two attached hydrogens (primary N) is 1. The highest BCUT2D eigenvalue weighted by Crippen LogP contribution is 2.45. The molecule has 7 heteroatoms. The lowest BCUT2D eigenvalue weighted by molar-refractivity contribution is -0.384. The molecule has 0 atom stereocenters. The van der Waals surface area contributed by atoms with Gasteiger partial charge >= 0.3 is 0 Å². The zero-order valence-corrected chi connectivity index (χ0v) is 10.5. The van der Waals surface area contributed by atoms with Crippen LogP contribution in [0.4, 0.5) is 11.4 Å². The molecule has 102 valence electrons. The number of rotatable bonds is 5. The standard InChI is InChI=1S/C12H15N3O4/c1-19-10-6-8(15(17)18)2-3-9(10)14-11(16)12(7-13)4-5-12/h2-3,6H,4-5,7,13H2,1H3,(H,14,16). The van der Waals surface area contributed by atoms with Gasteiger partial charge in [0.1, 0.15) is 5.75 Å². The molecule has 3 N–H and O–H groups in total. The monoisotopic (exact) mass is 265 g/mol.